The first-order chi connectivity index (χ1) is 10.3. The highest BCUT2D eigenvalue weighted by Gasteiger charge is 2.06. The molecule has 0 radical (unpaired) electrons. The van der Waals surface area contributed by atoms with E-state index >= 15 is 0 Å². The Balaban J connectivity index is 2.01. The van der Waals surface area contributed by atoms with Gasteiger partial charge in [0.25, 0.3) is 0 Å². The fourth-order valence-electron chi connectivity index (χ4n) is 2.08. The Bertz CT molecular complexity index is 541. The quantitative estimate of drug-likeness (QED) is 0.686. The van der Waals surface area contributed by atoms with Gasteiger partial charge in [-0.25, -0.2) is 4.98 Å². The molecule has 0 saturated carbocycles. The molecule has 0 amide bonds. The van der Waals surface area contributed by atoms with Crippen molar-refractivity contribution in [3.63, 3.8) is 0 Å². The molecular formula is C16H21ClN2OS. The molecule has 2 aromatic rings. The summed E-state index contributed by atoms with van der Waals surface area (Å²) in [6.07, 6.45) is 0. The van der Waals surface area contributed by atoms with E-state index in [4.69, 9.17) is 16.3 Å². The lowest BCUT2D eigenvalue weighted by Gasteiger charge is -2.19. The monoisotopic (exact) mass is 324 g/mol. The molecule has 1 heterocycles. The second-order valence-electron chi connectivity index (χ2n) is 4.84. The van der Waals surface area contributed by atoms with Crippen LogP contribution >= 0.6 is 22.9 Å². The number of thiazole rings is 1. The molecule has 1 aromatic carbocycles. The van der Waals surface area contributed by atoms with E-state index < -0.39 is 0 Å². The number of likely N-dealkylation sites (N-methyl/N-ethyl adjacent to an activating group) is 1. The summed E-state index contributed by atoms with van der Waals surface area (Å²) in [7, 11) is 1.74. The number of alkyl halides is 1. The molecule has 2 rings (SSSR count). The minimum Gasteiger partial charge on any atom is -0.383 e. The number of rotatable bonds is 8. The maximum absolute atomic E-state index is 5.80. The molecule has 0 fully saturated rings. The van der Waals surface area contributed by atoms with Gasteiger partial charge in [-0.05, 0) is 12.1 Å². The molecule has 0 unspecified atom stereocenters. The van der Waals surface area contributed by atoms with E-state index in [9.17, 15) is 0 Å². The van der Waals surface area contributed by atoms with E-state index in [1.165, 1.54) is 5.56 Å². The first-order valence-corrected chi connectivity index (χ1v) is 8.49. The normalized spacial score (nSPS) is 11.2. The van der Waals surface area contributed by atoms with Crippen LogP contribution in [0.4, 0.5) is 0 Å². The molecule has 0 atom stereocenters. The fraction of sp³-hybridized carbons (Fsp3) is 0.438. The van der Waals surface area contributed by atoms with Crippen LogP contribution in [0.5, 0.6) is 0 Å². The van der Waals surface area contributed by atoms with Crippen LogP contribution in [0.25, 0.3) is 10.6 Å². The summed E-state index contributed by atoms with van der Waals surface area (Å²) in [5.74, 6) is 0.472. The Morgan fingerprint density at radius 3 is 2.62 bits per heavy atom. The number of benzene rings is 1. The lowest BCUT2D eigenvalue weighted by Crippen LogP contribution is -2.26. The molecule has 0 aliphatic rings. The van der Waals surface area contributed by atoms with Crippen molar-refractivity contribution in [3.05, 3.63) is 40.9 Å². The van der Waals surface area contributed by atoms with Gasteiger partial charge in [0.2, 0.25) is 0 Å². The average Bonchev–Trinajstić information content (AvgIpc) is 3.01. The van der Waals surface area contributed by atoms with Gasteiger partial charge in [-0.15, -0.1) is 22.9 Å². The van der Waals surface area contributed by atoms with Gasteiger partial charge in [0.15, 0.2) is 0 Å². The second-order valence-corrected chi connectivity index (χ2v) is 5.96. The highest BCUT2D eigenvalue weighted by Crippen LogP contribution is 2.24. The lowest BCUT2D eigenvalue weighted by molar-refractivity contribution is 0.147. The predicted octanol–water partition coefficient (Wildman–Crippen LogP) is 4.02. The molecule has 1 aromatic heterocycles. The average molecular weight is 325 g/mol. The van der Waals surface area contributed by atoms with E-state index in [0.29, 0.717) is 5.88 Å². The van der Waals surface area contributed by atoms with Crippen molar-refractivity contribution in [2.45, 2.75) is 19.3 Å². The van der Waals surface area contributed by atoms with E-state index in [1.807, 2.05) is 5.38 Å². The minimum absolute atomic E-state index is 0.472. The van der Waals surface area contributed by atoms with Gasteiger partial charge < -0.3 is 4.74 Å². The summed E-state index contributed by atoms with van der Waals surface area (Å²) in [6, 6.07) is 8.62. The standard InChI is InChI=1S/C16H21ClN2OS/c1-3-19(8-9-20-2)11-13-4-6-14(7-5-13)16-18-15(10-17)12-21-16/h4-7,12H,3,8-11H2,1-2H3. The van der Waals surface area contributed by atoms with E-state index in [2.05, 4.69) is 41.1 Å². The van der Waals surface area contributed by atoms with Crippen LogP contribution in [0.1, 0.15) is 18.2 Å². The number of aromatic nitrogens is 1. The van der Waals surface area contributed by atoms with Gasteiger partial charge in [0.1, 0.15) is 5.01 Å². The molecular weight excluding hydrogens is 304 g/mol. The summed E-state index contributed by atoms with van der Waals surface area (Å²) in [4.78, 5) is 6.87. The Hall–Kier alpha value is -0.940. The van der Waals surface area contributed by atoms with Gasteiger partial charge in [-0.3, -0.25) is 4.90 Å². The summed E-state index contributed by atoms with van der Waals surface area (Å²) < 4.78 is 5.14. The first-order valence-electron chi connectivity index (χ1n) is 7.07. The summed E-state index contributed by atoms with van der Waals surface area (Å²) in [5, 5.41) is 3.05. The number of hydrogen-bond acceptors (Lipinski definition) is 4. The smallest absolute Gasteiger partial charge is 0.123 e. The zero-order valence-corrected chi connectivity index (χ0v) is 14.1. The number of methoxy groups -OCH3 is 1. The predicted molar refractivity (Wildman–Crippen MR) is 89.9 cm³/mol. The number of ether oxygens (including phenoxy) is 1. The topological polar surface area (TPSA) is 25.4 Å². The highest BCUT2D eigenvalue weighted by molar-refractivity contribution is 7.13. The van der Waals surface area contributed by atoms with Crippen LogP contribution in [0.3, 0.4) is 0 Å². The Kier molecular flexibility index (Phi) is 6.64. The SMILES string of the molecule is CCN(CCOC)Cc1ccc(-c2nc(CCl)cs2)cc1. The lowest BCUT2D eigenvalue weighted by atomic mass is 10.1. The third-order valence-electron chi connectivity index (χ3n) is 3.35. The number of nitrogens with zero attached hydrogens (tertiary/aromatic N) is 2. The van der Waals surface area contributed by atoms with Crippen LogP contribution in [0.2, 0.25) is 0 Å². The van der Waals surface area contributed by atoms with Crippen LogP contribution in [0, 0.1) is 0 Å². The van der Waals surface area contributed by atoms with Crippen molar-refractivity contribution in [2.24, 2.45) is 0 Å². The van der Waals surface area contributed by atoms with Crippen LogP contribution in [0.15, 0.2) is 29.6 Å². The molecule has 0 aliphatic heterocycles. The van der Waals surface area contributed by atoms with Crippen molar-refractivity contribution >= 4 is 22.9 Å². The van der Waals surface area contributed by atoms with Gasteiger partial charge >= 0.3 is 0 Å². The van der Waals surface area contributed by atoms with Gasteiger partial charge in [0.05, 0.1) is 18.2 Å². The third kappa shape index (κ3) is 4.78. The van der Waals surface area contributed by atoms with Crippen molar-refractivity contribution in [2.75, 3.05) is 26.8 Å². The Labute approximate surface area is 135 Å². The van der Waals surface area contributed by atoms with Crippen molar-refractivity contribution in [1.29, 1.82) is 0 Å². The number of halogens is 1. The van der Waals surface area contributed by atoms with E-state index in [0.717, 1.165) is 42.5 Å². The van der Waals surface area contributed by atoms with Crippen molar-refractivity contribution in [1.82, 2.24) is 9.88 Å². The molecule has 5 heteroatoms. The molecule has 0 saturated heterocycles. The zero-order valence-electron chi connectivity index (χ0n) is 12.5. The molecule has 114 valence electrons. The first kappa shape index (κ1) is 16.4. The Morgan fingerprint density at radius 2 is 2.05 bits per heavy atom. The number of hydrogen-bond donors (Lipinski definition) is 0. The van der Waals surface area contributed by atoms with Crippen LogP contribution in [-0.2, 0) is 17.2 Å². The summed E-state index contributed by atoms with van der Waals surface area (Å²) >= 11 is 7.44. The Morgan fingerprint density at radius 1 is 1.29 bits per heavy atom. The fourth-order valence-corrected chi connectivity index (χ4v) is 3.14. The largest absolute Gasteiger partial charge is 0.383 e. The highest BCUT2D eigenvalue weighted by atomic mass is 35.5. The maximum atomic E-state index is 5.80. The second kappa shape index (κ2) is 8.49. The summed E-state index contributed by atoms with van der Waals surface area (Å²) in [6.45, 7) is 5.88. The van der Waals surface area contributed by atoms with Crippen LogP contribution < -0.4 is 0 Å². The maximum Gasteiger partial charge on any atom is 0.123 e. The van der Waals surface area contributed by atoms with Crippen LogP contribution in [-0.4, -0.2) is 36.7 Å². The van der Waals surface area contributed by atoms with Crippen molar-refractivity contribution in [3.8, 4) is 10.6 Å². The molecule has 0 bridgehead atoms. The molecule has 0 N–H and O–H groups in total. The van der Waals surface area contributed by atoms with Crippen molar-refractivity contribution < 1.29 is 4.74 Å². The van der Waals surface area contributed by atoms with Gasteiger partial charge in [0, 0.05) is 31.1 Å². The molecule has 3 nitrogen and oxygen atoms in total. The van der Waals surface area contributed by atoms with Gasteiger partial charge in [-0.2, -0.15) is 0 Å². The molecule has 0 spiro atoms. The third-order valence-corrected chi connectivity index (χ3v) is 4.57. The van der Waals surface area contributed by atoms with Gasteiger partial charge in [-0.1, -0.05) is 31.2 Å². The minimum atomic E-state index is 0.472. The zero-order chi connectivity index (χ0) is 15.1. The van der Waals surface area contributed by atoms with E-state index in [1.54, 1.807) is 18.4 Å². The molecule has 21 heavy (non-hydrogen) atoms. The molecule has 0 aliphatic carbocycles. The summed E-state index contributed by atoms with van der Waals surface area (Å²) in [5.41, 5.74) is 3.41. The van der Waals surface area contributed by atoms with E-state index in [-0.39, 0.29) is 0 Å².